The van der Waals surface area contributed by atoms with E-state index in [2.05, 4.69) is 5.32 Å². The van der Waals surface area contributed by atoms with E-state index in [1.165, 1.54) is 13.2 Å². The zero-order chi connectivity index (χ0) is 19.4. The summed E-state index contributed by atoms with van der Waals surface area (Å²) in [6.07, 6.45) is 3.41. The molecule has 27 heavy (non-hydrogen) atoms. The number of aromatic nitrogens is 1. The number of nitrogens with one attached hydrogen (secondary N) is 1. The molecule has 0 radical (unpaired) electrons. The number of rotatable bonds is 5. The van der Waals surface area contributed by atoms with E-state index in [-0.39, 0.29) is 30.2 Å². The molecule has 1 saturated heterocycles. The number of anilines is 1. The van der Waals surface area contributed by atoms with Crippen molar-refractivity contribution in [3.63, 3.8) is 0 Å². The lowest BCUT2D eigenvalue weighted by atomic mass is 10.0. The van der Waals surface area contributed by atoms with Crippen LogP contribution in [0.2, 0.25) is 0 Å². The van der Waals surface area contributed by atoms with Gasteiger partial charge in [0.1, 0.15) is 17.3 Å². The minimum absolute atomic E-state index is 0.0358. The number of amides is 1. The highest BCUT2D eigenvalue weighted by Crippen LogP contribution is 2.25. The van der Waals surface area contributed by atoms with Crippen molar-refractivity contribution in [3.8, 4) is 0 Å². The van der Waals surface area contributed by atoms with Crippen LogP contribution in [0.1, 0.15) is 29.4 Å². The third-order valence-electron chi connectivity index (χ3n) is 4.70. The van der Waals surface area contributed by atoms with Crippen molar-refractivity contribution in [2.75, 3.05) is 32.1 Å². The molecular weight excluding hydrogens is 356 g/mol. The molecule has 3 rings (SSSR count). The highest BCUT2D eigenvalue weighted by atomic mass is 19.1. The maximum atomic E-state index is 13.6. The molecule has 0 spiro atoms. The Kier molecular flexibility index (Phi) is 5.85. The van der Waals surface area contributed by atoms with Crippen molar-refractivity contribution in [2.45, 2.75) is 18.9 Å². The van der Waals surface area contributed by atoms with Gasteiger partial charge in [-0.05, 0) is 37.1 Å². The smallest absolute Gasteiger partial charge is 0.354 e. The first-order valence-corrected chi connectivity index (χ1v) is 8.70. The standard InChI is InChI=1S/C19H21F2N3O3/c1-27-19(26)17-3-2-8-24(17)14-6-9-23(10-7-14)12-18(25)22-16-5-4-13(20)11-15(16)21/h2-5,8,11,14H,6-7,9-10,12H2,1H3,(H,22,25). The number of methoxy groups -OCH3 is 1. The van der Waals surface area contributed by atoms with Gasteiger partial charge in [-0.25, -0.2) is 13.6 Å². The van der Waals surface area contributed by atoms with Crippen molar-refractivity contribution in [1.29, 1.82) is 0 Å². The van der Waals surface area contributed by atoms with Crippen molar-refractivity contribution in [3.05, 3.63) is 53.9 Å². The lowest BCUT2D eigenvalue weighted by Crippen LogP contribution is -2.40. The van der Waals surface area contributed by atoms with Gasteiger partial charge in [-0.15, -0.1) is 0 Å². The number of ether oxygens (including phenoxy) is 1. The molecule has 0 aliphatic carbocycles. The molecule has 0 unspecified atom stereocenters. The number of halogens is 2. The summed E-state index contributed by atoms with van der Waals surface area (Å²) in [6.45, 7) is 1.46. The monoisotopic (exact) mass is 377 g/mol. The van der Waals surface area contributed by atoms with E-state index in [0.717, 1.165) is 25.0 Å². The van der Waals surface area contributed by atoms with Gasteiger partial charge in [0.2, 0.25) is 5.91 Å². The van der Waals surface area contributed by atoms with Crippen LogP contribution in [0.4, 0.5) is 14.5 Å². The first-order chi connectivity index (χ1) is 13.0. The molecule has 1 amide bonds. The summed E-state index contributed by atoms with van der Waals surface area (Å²) in [6, 6.07) is 6.72. The van der Waals surface area contributed by atoms with Gasteiger partial charge in [0, 0.05) is 31.4 Å². The highest BCUT2D eigenvalue weighted by molar-refractivity contribution is 5.92. The summed E-state index contributed by atoms with van der Waals surface area (Å²) in [7, 11) is 1.35. The Morgan fingerprint density at radius 3 is 2.63 bits per heavy atom. The van der Waals surface area contributed by atoms with E-state index in [1.807, 2.05) is 21.7 Å². The van der Waals surface area contributed by atoms with Gasteiger partial charge in [0.05, 0.1) is 19.3 Å². The number of likely N-dealkylation sites (tertiary alicyclic amines) is 1. The molecule has 2 aromatic rings. The molecule has 1 fully saturated rings. The summed E-state index contributed by atoms with van der Waals surface area (Å²) in [5.41, 5.74) is 0.479. The molecule has 8 heteroatoms. The van der Waals surface area contributed by atoms with Crippen LogP contribution in [0.5, 0.6) is 0 Å². The molecule has 1 N–H and O–H groups in total. The molecule has 0 atom stereocenters. The summed E-state index contributed by atoms with van der Waals surface area (Å²) in [5.74, 6) is -2.22. The molecule has 0 saturated carbocycles. The number of hydrogen-bond acceptors (Lipinski definition) is 4. The number of carbonyl (C=O) groups is 2. The Bertz CT molecular complexity index is 829. The fraction of sp³-hybridized carbons (Fsp3) is 0.368. The lowest BCUT2D eigenvalue weighted by Gasteiger charge is -2.32. The topological polar surface area (TPSA) is 63.6 Å². The van der Waals surface area contributed by atoms with Gasteiger partial charge < -0.3 is 14.6 Å². The van der Waals surface area contributed by atoms with Crippen molar-refractivity contribution < 1.29 is 23.1 Å². The molecule has 1 aromatic heterocycles. The van der Waals surface area contributed by atoms with Crippen LogP contribution in [0.25, 0.3) is 0 Å². The zero-order valence-electron chi connectivity index (χ0n) is 15.0. The van der Waals surface area contributed by atoms with Crippen molar-refractivity contribution >= 4 is 17.6 Å². The maximum absolute atomic E-state index is 13.6. The number of esters is 1. The Labute approximate surface area is 155 Å². The molecule has 1 aromatic carbocycles. The third-order valence-corrected chi connectivity index (χ3v) is 4.70. The fourth-order valence-corrected chi connectivity index (χ4v) is 3.33. The van der Waals surface area contributed by atoms with E-state index in [4.69, 9.17) is 4.74 Å². The minimum Gasteiger partial charge on any atom is -0.464 e. The van der Waals surface area contributed by atoms with Crippen LogP contribution in [-0.4, -0.2) is 48.1 Å². The SMILES string of the molecule is COC(=O)c1cccn1C1CCN(CC(=O)Nc2ccc(F)cc2F)CC1. The third kappa shape index (κ3) is 4.51. The number of nitrogens with zero attached hydrogens (tertiary/aromatic N) is 2. The lowest BCUT2D eigenvalue weighted by molar-refractivity contribution is -0.117. The van der Waals surface area contributed by atoms with E-state index in [0.29, 0.717) is 18.8 Å². The molecule has 6 nitrogen and oxygen atoms in total. The Morgan fingerprint density at radius 1 is 1.22 bits per heavy atom. The zero-order valence-corrected chi connectivity index (χ0v) is 15.0. The quantitative estimate of drug-likeness (QED) is 0.814. The highest BCUT2D eigenvalue weighted by Gasteiger charge is 2.25. The second-order valence-corrected chi connectivity index (χ2v) is 6.47. The molecule has 1 aliphatic heterocycles. The molecule has 1 aliphatic rings. The predicted molar refractivity (Wildman–Crippen MR) is 95.5 cm³/mol. The second kappa shape index (κ2) is 8.30. The first-order valence-electron chi connectivity index (χ1n) is 8.70. The van der Waals surface area contributed by atoms with Gasteiger partial charge in [-0.2, -0.15) is 0 Å². The van der Waals surface area contributed by atoms with E-state index >= 15 is 0 Å². The van der Waals surface area contributed by atoms with E-state index < -0.39 is 11.6 Å². The second-order valence-electron chi connectivity index (χ2n) is 6.47. The Morgan fingerprint density at radius 2 is 1.96 bits per heavy atom. The van der Waals surface area contributed by atoms with Gasteiger partial charge in [0.15, 0.2) is 0 Å². The van der Waals surface area contributed by atoms with Crippen LogP contribution in [0.3, 0.4) is 0 Å². The first kappa shape index (κ1) is 19.0. The number of carbonyl (C=O) groups excluding carboxylic acids is 2. The Hall–Kier alpha value is -2.74. The Balaban J connectivity index is 1.53. The van der Waals surface area contributed by atoms with Crippen LogP contribution in [0, 0.1) is 11.6 Å². The van der Waals surface area contributed by atoms with Crippen molar-refractivity contribution in [2.24, 2.45) is 0 Å². The maximum Gasteiger partial charge on any atom is 0.354 e. The van der Waals surface area contributed by atoms with Gasteiger partial charge in [-0.3, -0.25) is 9.69 Å². The largest absolute Gasteiger partial charge is 0.464 e. The van der Waals surface area contributed by atoms with E-state index in [1.54, 1.807) is 6.07 Å². The average molecular weight is 377 g/mol. The normalized spacial score (nSPS) is 15.5. The van der Waals surface area contributed by atoms with Crippen molar-refractivity contribution in [1.82, 2.24) is 9.47 Å². The van der Waals surface area contributed by atoms with Crippen LogP contribution in [-0.2, 0) is 9.53 Å². The fourth-order valence-electron chi connectivity index (χ4n) is 3.33. The molecular formula is C19H21F2N3O3. The predicted octanol–water partition coefficient (Wildman–Crippen LogP) is 2.83. The number of piperidine rings is 1. The average Bonchev–Trinajstić information content (AvgIpc) is 3.14. The molecule has 2 heterocycles. The molecule has 0 bridgehead atoms. The summed E-state index contributed by atoms with van der Waals surface area (Å²) < 4.78 is 33.3. The number of benzene rings is 1. The summed E-state index contributed by atoms with van der Waals surface area (Å²) >= 11 is 0. The summed E-state index contributed by atoms with van der Waals surface area (Å²) in [4.78, 5) is 25.9. The van der Waals surface area contributed by atoms with Crippen LogP contribution >= 0.6 is 0 Å². The van der Waals surface area contributed by atoms with Gasteiger partial charge >= 0.3 is 5.97 Å². The van der Waals surface area contributed by atoms with Gasteiger partial charge in [0.25, 0.3) is 0 Å². The molecule has 144 valence electrons. The van der Waals surface area contributed by atoms with Crippen LogP contribution in [0.15, 0.2) is 36.5 Å². The van der Waals surface area contributed by atoms with E-state index in [9.17, 15) is 18.4 Å². The van der Waals surface area contributed by atoms with Gasteiger partial charge in [-0.1, -0.05) is 0 Å². The number of hydrogen-bond donors (Lipinski definition) is 1. The minimum atomic E-state index is -0.801. The van der Waals surface area contributed by atoms with Crippen LogP contribution < -0.4 is 5.32 Å². The summed E-state index contributed by atoms with van der Waals surface area (Å²) in [5, 5.41) is 2.47.